The molecule has 11 aromatic rings. The van der Waals surface area contributed by atoms with Gasteiger partial charge in [0.1, 0.15) is 0 Å². The van der Waals surface area contributed by atoms with Crippen LogP contribution in [0.4, 0.5) is 0 Å². The lowest BCUT2D eigenvalue weighted by atomic mass is 9.82. The van der Waals surface area contributed by atoms with Crippen molar-refractivity contribution in [1.82, 2.24) is 34.5 Å². The van der Waals surface area contributed by atoms with Crippen LogP contribution >= 0.6 is 0 Å². The van der Waals surface area contributed by atoms with Crippen molar-refractivity contribution < 1.29 is 0 Å². The smallest absolute Gasteiger partial charge is 0.166 e. The second-order valence-electron chi connectivity index (χ2n) is 16.7. The van der Waals surface area contributed by atoms with E-state index in [1.165, 1.54) is 16.7 Å². The number of hydrogen-bond acceptors (Lipinski definition) is 6. The van der Waals surface area contributed by atoms with Crippen LogP contribution in [-0.4, -0.2) is 34.5 Å². The van der Waals surface area contributed by atoms with Gasteiger partial charge in [0.25, 0.3) is 0 Å². The van der Waals surface area contributed by atoms with Gasteiger partial charge in [0, 0.05) is 49.6 Å². The van der Waals surface area contributed by atoms with Crippen molar-refractivity contribution >= 4 is 21.8 Å². The molecule has 1 aliphatic rings. The third-order valence-electron chi connectivity index (χ3n) is 12.5. The molecule has 7 nitrogen and oxygen atoms in total. The van der Waals surface area contributed by atoms with Gasteiger partial charge in [-0.25, -0.2) is 29.9 Å². The summed E-state index contributed by atoms with van der Waals surface area (Å²) in [6, 6.07) is 69.0. The molecular weight excluding hydrogens is 783 g/mol. The van der Waals surface area contributed by atoms with E-state index in [2.05, 4.69) is 140 Å². The molecule has 302 valence electrons. The number of para-hydroxylation sites is 2. The molecule has 0 amide bonds. The number of rotatable bonds is 7. The first kappa shape index (κ1) is 37.4. The minimum atomic E-state index is -0.181. The van der Waals surface area contributed by atoms with Gasteiger partial charge >= 0.3 is 0 Å². The van der Waals surface area contributed by atoms with E-state index in [-0.39, 0.29) is 5.41 Å². The third-order valence-corrected chi connectivity index (χ3v) is 12.5. The molecule has 0 aliphatic heterocycles. The first-order chi connectivity index (χ1) is 31.5. The molecule has 0 unspecified atom stereocenters. The summed E-state index contributed by atoms with van der Waals surface area (Å²) in [5.74, 6) is 3.44. The Labute approximate surface area is 370 Å². The van der Waals surface area contributed by atoms with Crippen LogP contribution in [0.1, 0.15) is 25.0 Å². The van der Waals surface area contributed by atoms with E-state index in [1.807, 2.05) is 78.9 Å². The van der Waals surface area contributed by atoms with Crippen LogP contribution < -0.4 is 0 Å². The average Bonchev–Trinajstić information content (AvgIpc) is 3.82. The maximum atomic E-state index is 5.37. The Bertz CT molecular complexity index is 3470. The minimum Gasteiger partial charge on any atom is -0.309 e. The Balaban J connectivity index is 1.14. The molecular formula is C57H39N7. The minimum absolute atomic E-state index is 0.181. The summed E-state index contributed by atoms with van der Waals surface area (Å²) in [6.07, 6.45) is 0. The van der Waals surface area contributed by atoms with Gasteiger partial charge in [-0.15, -0.1) is 0 Å². The average molecular weight is 822 g/mol. The molecule has 0 radical (unpaired) electrons. The maximum absolute atomic E-state index is 5.37. The molecule has 7 heteroatoms. The molecule has 8 aromatic carbocycles. The number of aromatic nitrogens is 7. The van der Waals surface area contributed by atoms with Crippen LogP contribution in [0.5, 0.6) is 0 Å². The Morgan fingerprint density at radius 2 is 0.750 bits per heavy atom. The van der Waals surface area contributed by atoms with Gasteiger partial charge in [-0.05, 0) is 52.6 Å². The molecule has 12 rings (SSSR count). The Kier molecular flexibility index (Phi) is 8.69. The third kappa shape index (κ3) is 6.12. The van der Waals surface area contributed by atoms with Gasteiger partial charge in [0.2, 0.25) is 0 Å². The monoisotopic (exact) mass is 821 g/mol. The molecule has 0 bridgehead atoms. The Morgan fingerprint density at radius 1 is 0.328 bits per heavy atom. The largest absolute Gasteiger partial charge is 0.309 e. The highest BCUT2D eigenvalue weighted by Crippen LogP contribution is 2.51. The van der Waals surface area contributed by atoms with Crippen LogP contribution in [0.15, 0.2) is 200 Å². The van der Waals surface area contributed by atoms with Gasteiger partial charge in [0.15, 0.2) is 34.9 Å². The molecule has 1 aliphatic carbocycles. The molecule has 64 heavy (non-hydrogen) atoms. The summed E-state index contributed by atoms with van der Waals surface area (Å²) in [7, 11) is 0. The van der Waals surface area contributed by atoms with E-state index in [9.17, 15) is 0 Å². The molecule has 3 aromatic heterocycles. The lowest BCUT2D eigenvalue weighted by Gasteiger charge is -2.21. The zero-order chi connectivity index (χ0) is 42.8. The van der Waals surface area contributed by atoms with E-state index in [1.54, 1.807) is 0 Å². The van der Waals surface area contributed by atoms with Crippen molar-refractivity contribution in [2.75, 3.05) is 0 Å². The predicted molar refractivity (Wildman–Crippen MR) is 258 cm³/mol. The summed E-state index contributed by atoms with van der Waals surface area (Å²) in [6.45, 7) is 4.59. The summed E-state index contributed by atoms with van der Waals surface area (Å²) in [5, 5.41) is 2.32. The van der Waals surface area contributed by atoms with Crippen LogP contribution in [0.3, 0.4) is 0 Å². The highest BCUT2D eigenvalue weighted by Gasteiger charge is 2.37. The predicted octanol–water partition coefficient (Wildman–Crippen LogP) is 13.5. The second kappa shape index (κ2) is 14.9. The fourth-order valence-electron chi connectivity index (χ4n) is 9.44. The van der Waals surface area contributed by atoms with E-state index in [4.69, 9.17) is 29.9 Å². The molecule has 0 N–H and O–H groups in total. The highest BCUT2D eigenvalue weighted by atomic mass is 15.1. The van der Waals surface area contributed by atoms with Crippen molar-refractivity contribution in [2.24, 2.45) is 0 Å². The van der Waals surface area contributed by atoms with Gasteiger partial charge in [-0.2, -0.15) is 0 Å². The number of nitrogens with zero attached hydrogens (tertiary/aromatic N) is 7. The van der Waals surface area contributed by atoms with E-state index >= 15 is 0 Å². The standard InChI is InChI=1S/C57H39N7/c1-57(2)45-29-15-12-27-42(45)50-43(28-18-30-46(50)57)55-60-53(38-23-10-5-11-24-38)59-54(63-55)39-33-34-49(64-47-31-16-13-25-40(47)41-26-14-17-32-48(41)64)44(35-39)56-61-51(36-19-6-3-7-20-36)58-52(62-56)37-21-8-4-9-22-37/h3-35H,1-2H3. The molecule has 0 saturated heterocycles. The number of benzene rings is 8. The first-order valence-corrected chi connectivity index (χ1v) is 21.6. The quantitative estimate of drug-likeness (QED) is 0.159. The molecule has 0 saturated carbocycles. The van der Waals surface area contributed by atoms with E-state index < -0.39 is 0 Å². The van der Waals surface area contributed by atoms with Crippen LogP contribution in [0.25, 0.3) is 107 Å². The topological polar surface area (TPSA) is 82.3 Å². The number of fused-ring (bicyclic) bond motifs is 6. The fraction of sp³-hybridized carbons (Fsp3) is 0.0526. The Hall–Kier alpha value is -8.42. The zero-order valence-corrected chi connectivity index (χ0v) is 35.2. The molecule has 0 spiro atoms. The van der Waals surface area contributed by atoms with Gasteiger partial charge in [-0.3, -0.25) is 0 Å². The van der Waals surface area contributed by atoms with Crippen LogP contribution in [0, 0.1) is 0 Å². The van der Waals surface area contributed by atoms with Gasteiger partial charge in [0.05, 0.1) is 16.7 Å². The van der Waals surface area contributed by atoms with Crippen molar-refractivity contribution in [3.8, 4) is 85.1 Å². The van der Waals surface area contributed by atoms with Crippen LogP contribution in [0.2, 0.25) is 0 Å². The molecule has 3 heterocycles. The van der Waals surface area contributed by atoms with Crippen molar-refractivity contribution in [2.45, 2.75) is 19.3 Å². The Morgan fingerprint density at radius 3 is 1.31 bits per heavy atom. The molecule has 0 fully saturated rings. The lowest BCUT2D eigenvalue weighted by molar-refractivity contribution is 0.660. The highest BCUT2D eigenvalue weighted by molar-refractivity contribution is 6.09. The summed E-state index contributed by atoms with van der Waals surface area (Å²) in [4.78, 5) is 31.5. The first-order valence-electron chi connectivity index (χ1n) is 21.6. The van der Waals surface area contributed by atoms with E-state index in [0.717, 1.165) is 66.4 Å². The van der Waals surface area contributed by atoms with E-state index in [0.29, 0.717) is 34.9 Å². The van der Waals surface area contributed by atoms with Gasteiger partial charge in [-0.1, -0.05) is 184 Å². The van der Waals surface area contributed by atoms with Crippen molar-refractivity contribution in [3.63, 3.8) is 0 Å². The van der Waals surface area contributed by atoms with Gasteiger partial charge < -0.3 is 4.57 Å². The van der Waals surface area contributed by atoms with Crippen molar-refractivity contribution in [1.29, 1.82) is 0 Å². The van der Waals surface area contributed by atoms with Crippen LogP contribution in [-0.2, 0) is 5.41 Å². The van der Waals surface area contributed by atoms with Crippen molar-refractivity contribution in [3.05, 3.63) is 211 Å². The number of hydrogen-bond donors (Lipinski definition) is 0. The second-order valence-corrected chi connectivity index (χ2v) is 16.7. The zero-order valence-electron chi connectivity index (χ0n) is 35.2. The SMILES string of the molecule is CC1(C)c2ccccc2-c2c(-c3nc(-c4ccccc4)nc(-c4ccc(-n5c6ccccc6c6ccccc65)c(-c5nc(-c6ccccc6)nc(-c6ccccc6)n5)c4)n3)cccc21. The normalized spacial score (nSPS) is 12.7. The fourth-order valence-corrected chi connectivity index (χ4v) is 9.44. The lowest BCUT2D eigenvalue weighted by Crippen LogP contribution is -2.14. The summed E-state index contributed by atoms with van der Waals surface area (Å²) >= 11 is 0. The summed E-state index contributed by atoms with van der Waals surface area (Å²) in [5.41, 5.74) is 13.1. The maximum Gasteiger partial charge on any atom is 0.166 e. The molecule has 0 atom stereocenters. The summed E-state index contributed by atoms with van der Waals surface area (Å²) < 4.78 is 2.32.